The molecule has 66 valence electrons. The highest BCUT2D eigenvalue weighted by Crippen LogP contribution is 2.33. The number of aliphatic hydroxyl groups is 1. The van der Waals surface area contributed by atoms with Crippen molar-refractivity contribution in [3.8, 4) is 0 Å². The van der Waals surface area contributed by atoms with E-state index in [1.807, 2.05) is 0 Å². The highest BCUT2D eigenvalue weighted by Gasteiger charge is 2.14. The van der Waals surface area contributed by atoms with Gasteiger partial charge in [-0.15, -0.1) is 23.1 Å². The van der Waals surface area contributed by atoms with E-state index in [2.05, 4.69) is 0 Å². The van der Waals surface area contributed by atoms with E-state index >= 15 is 0 Å². The first-order valence-electron chi connectivity index (χ1n) is 3.21. The van der Waals surface area contributed by atoms with Gasteiger partial charge in [-0.1, -0.05) is 0 Å². The van der Waals surface area contributed by atoms with Crippen LogP contribution in [0.2, 0.25) is 0 Å². The van der Waals surface area contributed by atoms with Crippen LogP contribution in [0.15, 0.2) is 15.7 Å². The van der Waals surface area contributed by atoms with Gasteiger partial charge >= 0.3 is 0 Å². The molecule has 1 rings (SSSR count). The molecule has 0 bridgehead atoms. The fraction of sp³-hybridized carbons (Fsp3) is 0.333. The molecule has 0 amide bonds. The smallest absolute Gasteiger partial charge is 0.293 e. The maximum Gasteiger partial charge on any atom is 0.293 e. The molecule has 0 aromatic carbocycles. The van der Waals surface area contributed by atoms with E-state index in [4.69, 9.17) is 5.11 Å². The summed E-state index contributed by atoms with van der Waals surface area (Å²) >= 11 is 2.64. The predicted octanol–water partition coefficient (Wildman–Crippen LogP) is 1.74. The predicted molar refractivity (Wildman–Crippen MR) is 48.8 cm³/mol. The van der Waals surface area contributed by atoms with Gasteiger partial charge in [-0.3, -0.25) is 10.1 Å². The molecule has 4 nitrogen and oxygen atoms in total. The van der Waals surface area contributed by atoms with Crippen molar-refractivity contribution in [1.82, 2.24) is 0 Å². The summed E-state index contributed by atoms with van der Waals surface area (Å²) in [4.78, 5) is 9.98. The Morgan fingerprint density at radius 2 is 2.50 bits per heavy atom. The average Bonchev–Trinajstić information content (AvgIpc) is 2.48. The van der Waals surface area contributed by atoms with Crippen molar-refractivity contribution < 1.29 is 10.0 Å². The van der Waals surface area contributed by atoms with Crippen LogP contribution in [0.25, 0.3) is 0 Å². The summed E-state index contributed by atoms with van der Waals surface area (Å²) < 4.78 is 0.661. The van der Waals surface area contributed by atoms with Gasteiger partial charge in [0.1, 0.15) is 4.21 Å². The van der Waals surface area contributed by atoms with Crippen molar-refractivity contribution in [1.29, 1.82) is 0 Å². The molecule has 0 aliphatic heterocycles. The lowest BCUT2D eigenvalue weighted by molar-refractivity contribution is -0.387. The fourth-order valence-electron chi connectivity index (χ4n) is 0.670. The lowest BCUT2D eigenvalue weighted by atomic mass is 10.6. The Hall–Kier alpha value is -0.590. The molecule has 0 fully saturated rings. The SMILES string of the molecule is O=[N+]([O-])c1ccsc1SCCO. The van der Waals surface area contributed by atoms with Gasteiger partial charge in [0.2, 0.25) is 0 Å². The second kappa shape index (κ2) is 4.44. The minimum atomic E-state index is -0.407. The number of thiophene rings is 1. The third kappa shape index (κ3) is 2.20. The van der Waals surface area contributed by atoms with Crippen LogP contribution in [-0.2, 0) is 0 Å². The van der Waals surface area contributed by atoms with E-state index in [0.717, 1.165) is 0 Å². The molecule has 6 heteroatoms. The molecule has 0 radical (unpaired) electrons. The zero-order chi connectivity index (χ0) is 8.97. The summed E-state index contributed by atoms with van der Waals surface area (Å²) in [5.41, 5.74) is 0.137. The highest BCUT2D eigenvalue weighted by atomic mass is 32.2. The number of thioether (sulfide) groups is 1. The van der Waals surface area contributed by atoms with Crippen LogP contribution in [0.3, 0.4) is 0 Å². The number of hydrogen-bond acceptors (Lipinski definition) is 5. The number of nitrogens with zero attached hydrogens (tertiary/aromatic N) is 1. The first-order chi connectivity index (χ1) is 5.75. The molecular formula is C6H7NO3S2. The molecule has 0 aliphatic carbocycles. The van der Waals surface area contributed by atoms with Crippen LogP contribution in [0.5, 0.6) is 0 Å². The van der Waals surface area contributed by atoms with Gasteiger partial charge in [-0.2, -0.15) is 0 Å². The van der Waals surface area contributed by atoms with Gasteiger partial charge < -0.3 is 5.11 Å². The summed E-state index contributed by atoms with van der Waals surface area (Å²) in [5.74, 6) is 0.501. The van der Waals surface area contributed by atoms with Gasteiger partial charge in [-0.25, -0.2) is 0 Å². The van der Waals surface area contributed by atoms with Crippen molar-refractivity contribution in [3.05, 3.63) is 21.6 Å². The summed E-state index contributed by atoms with van der Waals surface area (Å²) in [6.45, 7) is 0.0414. The van der Waals surface area contributed by atoms with Gasteiger partial charge in [0.25, 0.3) is 5.69 Å². The average molecular weight is 205 g/mol. The lowest BCUT2D eigenvalue weighted by Gasteiger charge is -1.93. The van der Waals surface area contributed by atoms with Crippen molar-refractivity contribution >= 4 is 28.8 Å². The first-order valence-corrected chi connectivity index (χ1v) is 5.07. The minimum absolute atomic E-state index is 0.0414. The van der Waals surface area contributed by atoms with Gasteiger partial charge in [0.05, 0.1) is 11.5 Å². The molecule has 0 saturated heterocycles. The number of hydrogen-bond donors (Lipinski definition) is 1. The topological polar surface area (TPSA) is 63.4 Å². The first kappa shape index (κ1) is 9.50. The van der Waals surface area contributed by atoms with E-state index in [-0.39, 0.29) is 12.3 Å². The second-order valence-electron chi connectivity index (χ2n) is 1.92. The van der Waals surface area contributed by atoms with E-state index in [0.29, 0.717) is 9.96 Å². The van der Waals surface area contributed by atoms with Gasteiger partial charge in [0, 0.05) is 11.8 Å². The zero-order valence-electron chi connectivity index (χ0n) is 6.10. The van der Waals surface area contributed by atoms with Gasteiger partial charge in [0.15, 0.2) is 0 Å². The Labute approximate surface area is 77.4 Å². The van der Waals surface area contributed by atoms with Crippen LogP contribution in [-0.4, -0.2) is 22.4 Å². The van der Waals surface area contributed by atoms with Crippen molar-refractivity contribution in [2.24, 2.45) is 0 Å². The van der Waals surface area contributed by atoms with Crippen LogP contribution in [0.4, 0.5) is 5.69 Å². The molecule has 1 N–H and O–H groups in total. The van der Waals surface area contributed by atoms with Crippen LogP contribution < -0.4 is 0 Å². The maximum atomic E-state index is 10.4. The Kier molecular flexibility index (Phi) is 3.51. The van der Waals surface area contributed by atoms with Crippen LogP contribution in [0.1, 0.15) is 0 Å². The van der Waals surface area contributed by atoms with Crippen LogP contribution >= 0.6 is 23.1 Å². The summed E-state index contributed by atoms with van der Waals surface area (Å²) in [6, 6.07) is 1.48. The molecule has 0 unspecified atom stereocenters. The number of nitro groups is 1. The number of aliphatic hydroxyl groups excluding tert-OH is 1. The normalized spacial score (nSPS) is 10.1. The molecule has 1 aromatic heterocycles. The van der Waals surface area contributed by atoms with Crippen molar-refractivity contribution in [2.75, 3.05) is 12.4 Å². The quantitative estimate of drug-likeness (QED) is 0.462. The Morgan fingerprint density at radius 1 is 1.75 bits per heavy atom. The van der Waals surface area contributed by atoms with E-state index in [1.165, 1.54) is 29.2 Å². The van der Waals surface area contributed by atoms with E-state index in [9.17, 15) is 10.1 Å². The minimum Gasteiger partial charge on any atom is -0.396 e. The maximum absolute atomic E-state index is 10.4. The Bertz CT molecular complexity index is 274. The molecule has 12 heavy (non-hydrogen) atoms. The lowest BCUT2D eigenvalue weighted by Crippen LogP contribution is -1.88. The third-order valence-corrected chi connectivity index (χ3v) is 3.33. The van der Waals surface area contributed by atoms with Gasteiger partial charge in [-0.05, 0) is 5.38 Å². The molecule has 1 aromatic rings. The van der Waals surface area contributed by atoms with E-state index < -0.39 is 4.92 Å². The Balaban J connectivity index is 2.70. The molecule has 0 saturated carbocycles. The second-order valence-corrected chi connectivity index (χ2v) is 4.20. The summed E-state index contributed by atoms with van der Waals surface area (Å²) in [7, 11) is 0. The zero-order valence-corrected chi connectivity index (χ0v) is 7.73. The molecular weight excluding hydrogens is 198 g/mol. The summed E-state index contributed by atoms with van der Waals surface area (Å²) in [5, 5.41) is 20.6. The highest BCUT2D eigenvalue weighted by molar-refractivity contribution is 8.01. The largest absolute Gasteiger partial charge is 0.396 e. The van der Waals surface area contributed by atoms with Crippen molar-refractivity contribution in [2.45, 2.75) is 4.21 Å². The standard InChI is InChI=1S/C6H7NO3S2/c8-2-4-12-6-5(7(9)10)1-3-11-6/h1,3,8H,2,4H2. The molecule has 0 atom stereocenters. The third-order valence-electron chi connectivity index (χ3n) is 1.13. The van der Waals surface area contributed by atoms with Crippen LogP contribution in [0, 0.1) is 10.1 Å². The monoisotopic (exact) mass is 205 g/mol. The molecule has 0 spiro atoms. The fourth-order valence-corrected chi connectivity index (χ4v) is 2.51. The summed E-state index contributed by atoms with van der Waals surface area (Å²) in [6.07, 6.45) is 0. The Morgan fingerprint density at radius 3 is 3.08 bits per heavy atom. The number of rotatable bonds is 4. The van der Waals surface area contributed by atoms with Crippen molar-refractivity contribution in [3.63, 3.8) is 0 Å². The molecule has 0 aliphatic rings. The van der Waals surface area contributed by atoms with E-state index in [1.54, 1.807) is 5.38 Å². The molecule has 1 heterocycles.